The molecule has 8 heteroatoms. The van der Waals surface area contributed by atoms with Crippen LogP contribution in [0.3, 0.4) is 0 Å². The van der Waals surface area contributed by atoms with E-state index in [2.05, 4.69) is 22.2 Å². The van der Waals surface area contributed by atoms with E-state index < -0.39 is 4.92 Å². The molecule has 1 N–H and O–H groups in total. The number of hydrogen-bond acceptors (Lipinski definition) is 5. The summed E-state index contributed by atoms with van der Waals surface area (Å²) in [6.07, 6.45) is 2.56. The highest BCUT2D eigenvalue weighted by molar-refractivity contribution is 5.90. The van der Waals surface area contributed by atoms with Gasteiger partial charge in [-0.05, 0) is 56.8 Å². The molecule has 1 aromatic carbocycles. The Bertz CT molecular complexity index is 859. The van der Waals surface area contributed by atoms with Gasteiger partial charge in [0.1, 0.15) is 17.9 Å². The van der Waals surface area contributed by atoms with Crippen LogP contribution in [-0.4, -0.2) is 38.6 Å². The lowest BCUT2D eigenvalue weighted by molar-refractivity contribution is -0.386. The minimum Gasteiger partial charge on any atom is -0.324 e. The Morgan fingerprint density at radius 3 is 2.64 bits per heavy atom. The van der Waals surface area contributed by atoms with E-state index in [1.165, 1.54) is 23.1 Å². The normalized spacial score (nSPS) is 17.5. The highest BCUT2D eigenvalue weighted by atomic mass is 16.6. The molecule has 0 spiro atoms. The standard InChI is InChI=1S/C20H27N5O3/c1-14-5-4-10-23(11-14)12-17-6-8-18(9-7-17)21-19(26)13-24-16(3)20(25(27)28)15(2)22-24/h6-9,14H,4-5,10-13H2,1-3H3,(H,21,26). The molecule has 0 radical (unpaired) electrons. The van der Waals surface area contributed by atoms with Crippen LogP contribution in [0.4, 0.5) is 11.4 Å². The molecule has 0 saturated carbocycles. The van der Waals surface area contributed by atoms with Gasteiger partial charge in [0, 0.05) is 18.8 Å². The van der Waals surface area contributed by atoms with Crippen molar-refractivity contribution in [1.29, 1.82) is 0 Å². The number of amides is 1. The fourth-order valence-corrected chi connectivity index (χ4v) is 3.82. The number of rotatable bonds is 6. The van der Waals surface area contributed by atoms with Gasteiger partial charge < -0.3 is 5.32 Å². The Hall–Kier alpha value is -2.74. The van der Waals surface area contributed by atoms with Crippen molar-refractivity contribution in [2.45, 2.75) is 46.7 Å². The number of nitro groups is 1. The Morgan fingerprint density at radius 2 is 2.04 bits per heavy atom. The first-order chi connectivity index (χ1) is 13.3. The second-order valence-electron chi connectivity index (χ2n) is 7.66. The molecule has 1 amide bonds. The average molecular weight is 385 g/mol. The molecule has 8 nitrogen and oxygen atoms in total. The number of nitrogens with zero attached hydrogens (tertiary/aromatic N) is 4. The van der Waals surface area contributed by atoms with Crippen molar-refractivity contribution in [1.82, 2.24) is 14.7 Å². The van der Waals surface area contributed by atoms with Crippen molar-refractivity contribution >= 4 is 17.3 Å². The smallest absolute Gasteiger partial charge is 0.312 e. The first-order valence-electron chi connectivity index (χ1n) is 9.63. The third kappa shape index (κ3) is 4.75. The molecular weight excluding hydrogens is 358 g/mol. The minimum absolute atomic E-state index is 0.0378. The number of carbonyl (C=O) groups is 1. The Kier molecular flexibility index (Phi) is 6.08. The van der Waals surface area contributed by atoms with E-state index in [0.717, 1.165) is 25.6 Å². The van der Waals surface area contributed by atoms with Gasteiger partial charge in [-0.2, -0.15) is 5.10 Å². The number of nitrogens with one attached hydrogen (secondary N) is 1. The highest BCUT2D eigenvalue weighted by Gasteiger charge is 2.22. The maximum absolute atomic E-state index is 12.3. The van der Waals surface area contributed by atoms with E-state index in [1.54, 1.807) is 13.8 Å². The lowest BCUT2D eigenvalue weighted by atomic mass is 10.00. The summed E-state index contributed by atoms with van der Waals surface area (Å²) in [5.41, 5.74) is 2.58. The molecule has 1 aliphatic rings. The zero-order valence-corrected chi connectivity index (χ0v) is 16.6. The summed E-state index contributed by atoms with van der Waals surface area (Å²) in [6.45, 7) is 8.60. The van der Waals surface area contributed by atoms with Gasteiger partial charge in [-0.3, -0.25) is 24.5 Å². The van der Waals surface area contributed by atoms with Crippen LogP contribution in [0.15, 0.2) is 24.3 Å². The van der Waals surface area contributed by atoms with E-state index in [-0.39, 0.29) is 18.1 Å². The predicted molar refractivity (Wildman–Crippen MR) is 107 cm³/mol. The van der Waals surface area contributed by atoms with Gasteiger partial charge in [-0.1, -0.05) is 19.1 Å². The van der Waals surface area contributed by atoms with Gasteiger partial charge in [0.25, 0.3) is 0 Å². The summed E-state index contributed by atoms with van der Waals surface area (Å²) in [5, 5.41) is 18.0. The number of likely N-dealkylation sites (tertiary alicyclic amines) is 1. The molecular formula is C20H27N5O3. The Labute approximate surface area is 164 Å². The maximum atomic E-state index is 12.3. The van der Waals surface area contributed by atoms with Crippen molar-refractivity contribution in [2.75, 3.05) is 18.4 Å². The second kappa shape index (κ2) is 8.52. The summed E-state index contributed by atoms with van der Waals surface area (Å²) in [5.74, 6) is 0.482. The molecule has 2 heterocycles. The van der Waals surface area contributed by atoms with E-state index >= 15 is 0 Å². The largest absolute Gasteiger partial charge is 0.324 e. The van der Waals surface area contributed by atoms with Gasteiger partial charge in [0.05, 0.1) is 4.92 Å². The summed E-state index contributed by atoms with van der Waals surface area (Å²) in [7, 11) is 0. The zero-order chi connectivity index (χ0) is 20.3. The molecule has 3 rings (SSSR count). The third-order valence-electron chi connectivity index (χ3n) is 5.20. The summed E-state index contributed by atoms with van der Waals surface area (Å²) in [6, 6.07) is 7.85. The SMILES string of the molecule is Cc1nn(CC(=O)Nc2ccc(CN3CCCC(C)C3)cc2)c(C)c1[N+](=O)[O-]. The lowest BCUT2D eigenvalue weighted by Crippen LogP contribution is -2.33. The monoisotopic (exact) mass is 385 g/mol. The molecule has 150 valence electrons. The van der Waals surface area contributed by atoms with Gasteiger partial charge in [0.2, 0.25) is 5.91 Å². The quantitative estimate of drug-likeness (QED) is 0.608. The number of carbonyl (C=O) groups excluding carboxylic acids is 1. The number of benzene rings is 1. The van der Waals surface area contributed by atoms with Gasteiger partial charge in [-0.25, -0.2) is 0 Å². The first kappa shape index (κ1) is 20.0. The van der Waals surface area contributed by atoms with Crippen LogP contribution in [0, 0.1) is 29.9 Å². The predicted octanol–water partition coefficient (Wildman–Crippen LogP) is 3.28. The number of aromatic nitrogens is 2. The summed E-state index contributed by atoms with van der Waals surface area (Å²) < 4.78 is 1.37. The lowest BCUT2D eigenvalue weighted by Gasteiger charge is -2.30. The van der Waals surface area contributed by atoms with Crippen molar-refractivity contribution in [3.8, 4) is 0 Å². The van der Waals surface area contributed by atoms with Gasteiger partial charge >= 0.3 is 5.69 Å². The number of anilines is 1. The van der Waals surface area contributed by atoms with Crippen LogP contribution in [0.2, 0.25) is 0 Å². The topological polar surface area (TPSA) is 93.3 Å². The fraction of sp³-hybridized carbons (Fsp3) is 0.500. The molecule has 0 bridgehead atoms. The molecule has 2 aromatic rings. The van der Waals surface area contributed by atoms with Gasteiger partial charge in [-0.15, -0.1) is 0 Å². The van der Waals surface area contributed by atoms with Crippen LogP contribution >= 0.6 is 0 Å². The Morgan fingerprint density at radius 1 is 1.32 bits per heavy atom. The van der Waals surface area contributed by atoms with Crippen molar-refractivity contribution < 1.29 is 9.72 Å². The molecule has 1 unspecified atom stereocenters. The zero-order valence-electron chi connectivity index (χ0n) is 16.6. The summed E-state index contributed by atoms with van der Waals surface area (Å²) >= 11 is 0. The summed E-state index contributed by atoms with van der Waals surface area (Å²) in [4.78, 5) is 25.4. The second-order valence-corrected chi connectivity index (χ2v) is 7.66. The molecule has 0 aliphatic carbocycles. The molecule has 28 heavy (non-hydrogen) atoms. The van der Waals surface area contributed by atoms with E-state index in [9.17, 15) is 14.9 Å². The van der Waals surface area contributed by atoms with Crippen LogP contribution in [0.5, 0.6) is 0 Å². The molecule has 1 saturated heterocycles. The van der Waals surface area contributed by atoms with Crippen molar-refractivity contribution in [3.63, 3.8) is 0 Å². The van der Waals surface area contributed by atoms with Crippen molar-refractivity contribution in [3.05, 3.63) is 51.3 Å². The van der Waals surface area contributed by atoms with Crippen molar-refractivity contribution in [2.24, 2.45) is 5.92 Å². The number of aryl methyl sites for hydroxylation is 1. The molecule has 1 aromatic heterocycles. The molecule has 1 aliphatic heterocycles. The molecule has 1 atom stereocenters. The number of hydrogen-bond donors (Lipinski definition) is 1. The van der Waals surface area contributed by atoms with Crippen LogP contribution in [0.25, 0.3) is 0 Å². The van der Waals surface area contributed by atoms with E-state index in [0.29, 0.717) is 17.1 Å². The third-order valence-corrected chi connectivity index (χ3v) is 5.20. The minimum atomic E-state index is -0.464. The van der Waals surface area contributed by atoms with Gasteiger partial charge in [0.15, 0.2) is 0 Å². The van der Waals surface area contributed by atoms with Crippen LogP contribution < -0.4 is 5.32 Å². The number of piperidine rings is 1. The maximum Gasteiger partial charge on any atom is 0.312 e. The first-order valence-corrected chi connectivity index (χ1v) is 9.63. The fourth-order valence-electron chi connectivity index (χ4n) is 3.82. The molecule has 1 fully saturated rings. The Balaban J connectivity index is 1.57. The van der Waals surface area contributed by atoms with E-state index in [1.807, 2.05) is 24.3 Å². The van der Waals surface area contributed by atoms with Crippen LogP contribution in [0.1, 0.15) is 36.7 Å². The highest BCUT2D eigenvalue weighted by Crippen LogP contribution is 2.22. The van der Waals surface area contributed by atoms with E-state index in [4.69, 9.17) is 0 Å². The van der Waals surface area contributed by atoms with Crippen LogP contribution in [-0.2, 0) is 17.9 Å². The average Bonchev–Trinajstić information content (AvgIpc) is 2.90.